The van der Waals surface area contributed by atoms with Gasteiger partial charge in [-0.3, -0.25) is 14.5 Å². The molecule has 1 aromatic rings. The first-order valence-corrected chi connectivity index (χ1v) is 9.09. The zero-order chi connectivity index (χ0) is 16.4. The van der Waals surface area contributed by atoms with Crippen LogP contribution in [0.3, 0.4) is 0 Å². The highest BCUT2D eigenvalue weighted by atomic mass is 32.1. The molecule has 1 saturated heterocycles. The largest absolute Gasteiger partial charge is 0.353 e. The van der Waals surface area contributed by atoms with Crippen LogP contribution in [0.25, 0.3) is 0 Å². The van der Waals surface area contributed by atoms with Gasteiger partial charge in [-0.05, 0) is 46.1 Å². The lowest BCUT2D eigenvalue weighted by Crippen LogP contribution is -2.45. The molecule has 0 bridgehead atoms. The van der Waals surface area contributed by atoms with Crippen LogP contribution >= 0.6 is 11.3 Å². The van der Waals surface area contributed by atoms with Crippen LogP contribution in [0.4, 0.5) is 5.13 Å². The van der Waals surface area contributed by atoms with Crippen molar-refractivity contribution < 1.29 is 9.59 Å². The summed E-state index contributed by atoms with van der Waals surface area (Å²) in [5.74, 6) is 0.118. The first-order chi connectivity index (χ1) is 11.0. The average molecular weight is 336 g/mol. The van der Waals surface area contributed by atoms with E-state index < -0.39 is 0 Å². The summed E-state index contributed by atoms with van der Waals surface area (Å²) in [5, 5.41) is 6.59. The van der Waals surface area contributed by atoms with Crippen molar-refractivity contribution in [2.75, 3.05) is 25.0 Å². The van der Waals surface area contributed by atoms with Crippen LogP contribution in [0, 0.1) is 19.8 Å². The second kappa shape index (κ2) is 6.97. The highest BCUT2D eigenvalue weighted by Gasteiger charge is 2.30. The van der Waals surface area contributed by atoms with Crippen molar-refractivity contribution in [3.05, 3.63) is 10.6 Å². The van der Waals surface area contributed by atoms with Gasteiger partial charge in [0, 0.05) is 17.5 Å². The zero-order valence-corrected chi connectivity index (χ0v) is 14.5. The summed E-state index contributed by atoms with van der Waals surface area (Å²) in [6, 6.07) is 0.401. The maximum Gasteiger partial charge on any atom is 0.240 e. The van der Waals surface area contributed by atoms with E-state index in [0.717, 1.165) is 42.8 Å². The van der Waals surface area contributed by atoms with E-state index in [-0.39, 0.29) is 17.7 Å². The van der Waals surface area contributed by atoms with Gasteiger partial charge in [0.15, 0.2) is 5.13 Å². The van der Waals surface area contributed by atoms with Gasteiger partial charge in [0.1, 0.15) is 0 Å². The molecular weight excluding hydrogens is 312 g/mol. The van der Waals surface area contributed by atoms with Crippen LogP contribution in [0.15, 0.2) is 0 Å². The first-order valence-electron chi connectivity index (χ1n) is 8.28. The standard InChI is InChI=1S/C16H24N4O2S/c1-10-11(2)23-16(17-10)19-14(21)9-20-7-3-4-12(8-20)15(22)18-13-5-6-13/h12-13H,3-9H2,1-2H3,(H,18,22)(H,17,19,21). The normalized spacial score (nSPS) is 21.9. The van der Waals surface area contributed by atoms with Crippen LogP contribution in [0.2, 0.25) is 0 Å². The Balaban J connectivity index is 1.48. The van der Waals surface area contributed by atoms with Crippen LogP contribution in [-0.4, -0.2) is 47.4 Å². The Morgan fingerprint density at radius 2 is 2.09 bits per heavy atom. The average Bonchev–Trinajstić information content (AvgIpc) is 3.25. The number of thiazole rings is 1. The molecule has 2 fully saturated rings. The van der Waals surface area contributed by atoms with E-state index in [0.29, 0.717) is 24.3 Å². The molecule has 6 nitrogen and oxygen atoms in total. The Morgan fingerprint density at radius 1 is 1.30 bits per heavy atom. The lowest BCUT2D eigenvalue weighted by Gasteiger charge is -2.31. The summed E-state index contributed by atoms with van der Waals surface area (Å²) < 4.78 is 0. The molecular formula is C16H24N4O2S. The summed E-state index contributed by atoms with van der Waals surface area (Å²) in [7, 11) is 0. The van der Waals surface area contributed by atoms with Crippen molar-refractivity contribution in [2.24, 2.45) is 5.92 Å². The van der Waals surface area contributed by atoms with Crippen LogP contribution in [-0.2, 0) is 9.59 Å². The number of carbonyl (C=O) groups is 2. The Bertz CT molecular complexity index is 577. The predicted octanol–water partition coefficient (Wildman–Crippen LogP) is 1.69. The van der Waals surface area contributed by atoms with Crippen molar-refractivity contribution in [3.63, 3.8) is 0 Å². The van der Waals surface area contributed by atoms with Gasteiger partial charge >= 0.3 is 0 Å². The fraction of sp³-hybridized carbons (Fsp3) is 0.688. The van der Waals surface area contributed by atoms with E-state index >= 15 is 0 Å². The van der Waals surface area contributed by atoms with Gasteiger partial charge < -0.3 is 10.6 Å². The lowest BCUT2D eigenvalue weighted by atomic mass is 9.97. The van der Waals surface area contributed by atoms with Gasteiger partial charge in [-0.15, -0.1) is 11.3 Å². The molecule has 0 radical (unpaired) electrons. The molecule has 2 aliphatic rings. The number of anilines is 1. The highest BCUT2D eigenvalue weighted by Crippen LogP contribution is 2.23. The highest BCUT2D eigenvalue weighted by molar-refractivity contribution is 7.15. The van der Waals surface area contributed by atoms with Gasteiger partial charge in [-0.1, -0.05) is 0 Å². The van der Waals surface area contributed by atoms with Gasteiger partial charge in [0.25, 0.3) is 0 Å². The third-order valence-electron chi connectivity index (χ3n) is 4.44. The molecule has 23 heavy (non-hydrogen) atoms. The summed E-state index contributed by atoms with van der Waals surface area (Å²) in [6.07, 6.45) is 4.10. The molecule has 2 amide bonds. The number of hydrogen-bond acceptors (Lipinski definition) is 5. The summed E-state index contributed by atoms with van der Waals surface area (Å²) >= 11 is 1.50. The Morgan fingerprint density at radius 3 is 2.74 bits per heavy atom. The number of aromatic nitrogens is 1. The molecule has 1 aromatic heterocycles. The molecule has 1 unspecified atom stereocenters. The minimum absolute atomic E-state index is 0.0153. The maximum atomic E-state index is 12.2. The number of hydrogen-bond donors (Lipinski definition) is 2. The Labute approximate surface area is 140 Å². The molecule has 1 atom stereocenters. The summed E-state index contributed by atoms with van der Waals surface area (Å²) in [6.45, 7) is 5.80. The monoisotopic (exact) mass is 336 g/mol. The summed E-state index contributed by atoms with van der Waals surface area (Å²) in [5.41, 5.74) is 0.958. The molecule has 1 aliphatic carbocycles. The Hall–Kier alpha value is -1.47. The number of amides is 2. The van der Waals surface area contributed by atoms with Crippen LogP contribution in [0.1, 0.15) is 36.3 Å². The third kappa shape index (κ3) is 4.51. The molecule has 2 N–H and O–H groups in total. The maximum absolute atomic E-state index is 12.2. The number of carbonyl (C=O) groups excluding carboxylic acids is 2. The minimum atomic E-state index is -0.0537. The second-order valence-corrected chi connectivity index (χ2v) is 7.77. The lowest BCUT2D eigenvalue weighted by molar-refractivity contribution is -0.128. The SMILES string of the molecule is Cc1nc(NC(=O)CN2CCCC(C(=O)NC3CC3)C2)sc1C. The zero-order valence-electron chi connectivity index (χ0n) is 13.7. The van der Waals surface area contributed by atoms with Crippen LogP contribution < -0.4 is 10.6 Å². The fourth-order valence-corrected chi connectivity index (χ4v) is 3.68. The first kappa shape index (κ1) is 16.4. The molecule has 0 aromatic carbocycles. The Kier molecular flexibility index (Phi) is 4.96. The van der Waals surface area contributed by atoms with E-state index in [4.69, 9.17) is 0 Å². The van der Waals surface area contributed by atoms with E-state index in [1.54, 1.807) is 0 Å². The number of nitrogens with one attached hydrogen (secondary N) is 2. The predicted molar refractivity (Wildman–Crippen MR) is 90.5 cm³/mol. The third-order valence-corrected chi connectivity index (χ3v) is 5.43. The number of aryl methyl sites for hydroxylation is 2. The van der Waals surface area contributed by atoms with Crippen molar-refractivity contribution in [3.8, 4) is 0 Å². The second-order valence-electron chi connectivity index (χ2n) is 6.57. The van der Waals surface area contributed by atoms with Gasteiger partial charge in [-0.2, -0.15) is 0 Å². The van der Waals surface area contributed by atoms with E-state index in [9.17, 15) is 9.59 Å². The van der Waals surface area contributed by atoms with Crippen molar-refractivity contribution in [1.82, 2.24) is 15.2 Å². The summed E-state index contributed by atoms with van der Waals surface area (Å²) in [4.78, 5) is 31.9. The van der Waals surface area contributed by atoms with E-state index in [1.165, 1.54) is 11.3 Å². The number of nitrogens with zero attached hydrogens (tertiary/aromatic N) is 2. The van der Waals surface area contributed by atoms with E-state index in [2.05, 4.69) is 20.5 Å². The molecule has 1 saturated carbocycles. The fourth-order valence-electron chi connectivity index (χ4n) is 2.85. The smallest absolute Gasteiger partial charge is 0.240 e. The molecule has 2 heterocycles. The van der Waals surface area contributed by atoms with Crippen LogP contribution in [0.5, 0.6) is 0 Å². The molecule has 7 heteroatoms. The number of piperidine rings is 1. The van der Waals surface area contributed by atoms with Gasteiger partial charge in [0.05, 0.1) is 18.2 Å². The molecule has 3 rings (SSSR count). The van der Waals surface area contributed by atoms with Gasteiger partial charge in [0.2, 0.25) is 11.8 Å². The number of rotatable bonds is 5. The minimum Gasteiger partial charge on any atom is -0.353 e. The van der Waals surface area contributed by atoms with Gasteiger partial charge in [-0.25, -0.2) is 4.98 Å². The molecule has 0 spiro atoms. The van der Waals surface area contributed by atoms with E-state index in [1.807, 2.05) is 13.8 Å². The van der Waals surface area contributed by atoms with Crippen molar-refractivity contribution >= 4 is 28.3 Å². The topological polar surface area (TPSA) is 74.3 Å². The number of likely N-dealkylation sites (tertiary alicyclic amines) is 1. The molecule has 1 aliphatic heterocycles. The van der Waals surface area contributed by atoms with Crippen molar-refractivity contribution in [2.45, 2.75) is 45.6 Å². The molecule has 126 valence electrons. The quantitative estimate of drug-likeness (QED) is 0.858. The van der Waals surface area contributed by atoms with Crippen molar-refractivity contribution in [1.29, 1.82) is 0 Å².